The van der Waals surface area contributed by atoms with Crippen LogP contribution < -0.4 is 5.73 Å². The first kappa shape index (κ1) is 12.1. The predicted octanol–water partition coefficient (Wildman–Crippen LogP) is 5.07. The van der Waals surface area contributed by atoms with Crippen molar-refractivity contribution in [1.29, 1.82) is 0 Å². The molecular formula is C13H8Br2N2S. The van der Waals surface area contributed by atoms with Gasteiger partial charge in [-0.2, -0.15) is 0 Å². The van der Waals surface area contributed by atoms with E-state index in [9.17, 15) is 0 Å². The largest absolute Gasteiger partial charge is 0.398 e. The highest BCUT2D eigenvalue weighted by molar-refractivity contribution is 9.10. The Labute approximate surface area is 125 Å². The van der Waals surface area contributed by atoms with E-state index >= 15 is 0 Å². The van der Waals surface area contributed by atoms with Crippen LogP contribution in [-0.2, 0) is 0 Å². The predicted molar refractivity (Wildman–Crippen MR) is 84.9 cm³/mol. The summed E-state index contributed by atoms with van der Waals surface area (Å²) < 4.78 is 3.15. The quantitative estimate of drug-likeness (QED) is 0.595. The molecule has 0 unspecified atom stereocenters. The molecule has 0 aliphatic heterocycles. The first-order valence-corrected chi connectivity index (χ1v) is 7.65. The molecule has 2 aromatic carbocycles. The number of thiazole rings is 1. The van der Waals surface area contributed by atoms with Crippen molar-refractivity contribution in [2.24, 2.45) is 0 Å². The molecular weight excluding hydrogens is 376 g/mol. The highest BCUT2D eigenvalue weighted by atomic mass is 79.9. The highest BCUT2D eigenvalue weighted by Gasteiger charge is 2.07. The highest BCUT2D eigenvalue weighted by Crippen LogP contribution is 2.33. The molecule has 0 atom stereocenters. The monoisotopic (exact) mass is 382 g/mol. The van der Waals surface area contributed by atoms with E-state index in [1.165, 1.54) is 4.70 Å². The average Bonchev–Trinajstić information content (AvgIpc) is 2.75. The number of benzene rings is 2. The lowest BCUT2D eigenvalue weighted by Gasteiger charge is -2.00. The molecule has 0 saturated heterocycles. The number of rotatable bonds is 1. The van der Waals surface area contributed by atoms with Crippen LogP contribution in [-0.4, -0.2) is 4.98 Å². The number of fused-ring (bicyclic) bond motifs is 1. The third kappa shape index (κ3) is 2.18. The number of nitrogen functional groups attached to an aromatic ring is 1. The van der Waals surface area contributed by atoms with E-state index in [1.54, 1.807) is 11.3 Å². The number of hydrogen-bond acceptors (Lipinski definition) is 3. The Morgan fingerprint density at radius 2 is 1.89 bits per heavy atom. The van der Waals surface area contributed by atoms with Gasteiger partial charge in [0.05, 0.1) is 10.2 Å². The van der Waals surface area contributed by atoms with E-state index in [0.29, 0.717) is 0 Å². The summed E-state index contributed by atoms with van der Waals surface area (Å²) >= 11 is 8.54. The zero-order valence-electron chi connectivity index (χ0n) is 9.15. The van der Waals surface area contributed by atoms with Gasteiger partial charge in [-0.1, -0.05) is 22.0 Å². The Morgan fingerprint density at radius 1 is 1.06 bits per heavy atom. The van der Waals surface area contributed by atoms with Crippen molar-refractivity contribution in [2.75, 3.05) is 5.73 Å². The average molecular weight is 384 g/mol. The van der Waals surface area contributed by atoms with E-state index in [-0.39, 0.29) is 0 Å². The maximum absolute atomic E-state index is 5.90. The van der Waals surface area contributed by atoms with Crippen LogP contribution in [0.1, 0.15) is 0 Å². The van der Waals surface area contributed by atoms with Gasteiger partial charge in [-0.3, -0.25) is 0 Å². The Morgan fingerprint density at radius 3 is 2.67 bits per heavy atom. The van der Waals surface area contributed by atoms with Crippen LogP contribution in [0.3, 0.4) is 0 Å². The molecule has 0 spiro atoms. The van der Waals surface area contributed by atoms with Crippen LogP contribution in [0.5, 0.6) is 0 Å². The van der Waals surface area contributed by atoms with Gasteiger partial charge in [0, 0.05) is 20.2 Å². The van der Waals surface area contributed by atoms with Crippen molar-refractivity contribution in [3.8, 4) is 10.6 Å². The zero-order valence-corrected chi connectivity index (χ0v) is 13.1. The van der Waals surface area contributed by atoms with E-state index in [1.807, 2.05) is 30.3 Å². The number of aromatic nitrogens is 1. The molecule has 90 valence electrons. The third-order valence-electron chi connectivity index (χ3n) is 2.59. The Bertz CT molecular complexity index is 737. The minimum absolute atomic E-state index is 0.730. The summed E-state index contributed by atoms with van der Waals surface area (Å²) in [6.45, 7) is 0. The molecule has 0 bridgehead atoms. The van der Waals surface area contributed by atoms with E-state index in [4.69, 9.17) is 5.73 Å². The summed E-state index contributed by atoms with van der Waals surface area (Å²) in [5, 5.41) is 0.988. The molecule has 0 amide bonds. The van der Waals surface area contributed by atoms with E-state index in [0.717, 1.165) is 30.7 Å². The second kappa shape index (κ2) is 4.64. The first-order valence-electron chi connectivity index (χ1n) is 5.25. The molecule has 1 aromatic heterocycles. The third-order valence-corrected chi connectivity index (χ3v) is 4.88. The SMILES string of the molecule is Nc1cc(-c2nc3ccc(Br)cc3s2)ccc1Br. The van der Waals surface area contributed by atoms with Gasteiger partial charge in [0.2, 0.25) is 0 Å². The van der Waals surface area contributed by atoms with Crippen molar-refractivity contribution in [2.45, 2.75) is 0 Å². The van der Waals surface area contributed by atoms with Crippen molar-refractivity contribution < 1.29 is 0 Å². The van der Waals surface area contributed by atoms with Gasteiger partial charge in [0.15, 0.2) is 0 Å². The smallest absolute Gasteiger partial charge is 0.124 e. The van der Waals surface area contributed by atoms with Gasteiger partial charge in [-0.25, -0.2) is 4.98 Å². The summed E-state index contributed by atoms with van der Waals surface area (Å²) in [5.41, 5.74) is 8.69. The molecule has 0 saturated carbocycles. The molecule has 0 fully saturated rings. The van der Waals surface area contributed by atoms with Gasteiger partial charge in [0.1, 0.15) is 5.01 Å². The number of hydrogen-bond donors (Lipinski definition) is 1. The van der Waals surface area contributed by atoms with E-state index < -0.39 is 0 Å². The van der Waals surface area contributed by atoms with Crippen LogP contribution in [0.4, 0.5) is 5.69 Å². The van der Waals surface area contributed by atoms with Crippen LogP contribution in [0.15, 0.2) is 45.3 Å². The summed E-state index contributed by atoms with van der Waals surface area (Å²) in [5.74, 6) is 0. The fourth-order valence-electron chi connectivity index (χ4n) is 1.70. The van der Waals surface area contributed by atoms with Crippen LogP contribution in [0.2, 0.25) is 0 Å². The molecule has 0 aliphatic carbocycles. The summed E-state index contributed by atoms with van der Waals surface area (Å²) in [4.78, 5) is 4.62. The molecule has 5 heteroatoms. The van der Waals surface area contributed by atoms with Crippen LogP contribution >= 0.6 is 43.2 Å². The van der Waals surface area contributed by atoms with Crippen molar-refractivity contribution in [3.05, 3.63) is 45.3 Å². The second-order valence-corrected chi connectivity index (χ2v) is 6.67. The first-order chi connectivity index (χ1) is 8.63. The Kier molecular flexibility index (Phi) is 3.13. The lowest BCUT2D eigenvalue weighted by Crippen LogP contribution is -1.87. The van der Waals surface area contributed by atoms with Crippen molar-refractivity contribution >= 4 is 59.1 Å². The van der Waals surface area contributed by atoms with Gasteiger partial charge >= 0.3 is 0 Å². The molecule has 18 heavy (non-hydrogen) atoms. The lowest BCUT2D eigenvalue weighted by atomic mass is 10.2. The summed E-state index contributed by atoms with van der Waals surface area (Å²) in [6, 6.07) is 12.0. The van der Waals surface area contributed by atoms with E-state index in [2.05, 4.69) is 42.9 Å². The summed E-state index contributed by atoms with van der Waals surface area (Å²) in [6.07, 6.45) is 0. The molecule has 2 nitrogen and oxygen atoms in total. The fraction of sp³-hybridized carbons (Fsp3) is 0. The Balaban J connectivity index is 2.16. The molecule has 3 aromatic rings. The molecule has 2 N–H and O–H groups in total. The van der Waals surface area contributed by atoms with Gasteiger partial charge < -0.3 is 5.73 Å². The fourth-order valence-corrected chi connectivity index (χ4v) is 3.46. The topological polar surface area (TPSA) is 38.9 Å². The van der Waals surface area contributed by atoms with Gasteiger partial charge in [-0.05, 0) is 46.3 Å². The van der Waals surface area contributed by atoms with Crippen LogP contribution in [0.25, 0.3) is 20.8 Å². The standard InChI is InChI=1S/C13H8Br2N2S/c14-8-2-4-11-12(6-8)18-13(17-11)7-1-3-9(15)10(16)5-7/h1-6H,16H2. The van der Waals surface area contributed by atoms with Gasteiger partial charge in [-0.15, -0.1) is 11.3 Å². The zero-order chi connectivity index (χ0) is 12.7. The van der Waals surface area contributed by atoms with Crippen LogP contribution in [0, 0.1) is 0 Å². The molecule has 0 aliphatic rings. The number of halogens is 2. The number of nitrogens with zero attached hydrogens (tertiary/aromatic N) is 1. The molecule has 1 heterocycles. The minimum atomic E-state index is 0.730. The lowest BCUT2D eigenvalue weighted by molar-refractivity contribution is 1.47. The van der Waals surface area contributed by atoms with Gasteiger partial charge in [0.25, 0.3) is 0 Å². The second-order valence-electron chi connectivity index (χ2n) is 3.87. The van der Waals surface area contributed by atoms with Crippen molar-refractivity contribution in [1.82, 2.24) is 4.98 Å². The number of nitrogens with two attached hydrogens (primary N) is 1. The maximum atomic E-state index is 5.90. The Hall–Kier alpha value is -0.910. The summed E-state index contributed by atoms with van der Waals surface area (Å²) in [7, 11) is 0. The maximum Gasteiger partial charge on any atom is 0.124 e. The van der Waals surface area contributed by atoms with Crippen molar-refractivity contribution in [3.63, 3.8) is 0 Å². The number of anilines is 1. The minimum Gasteiger partial charge on any atom is -0.398 e. The molecule has 3 rings (SSSR count). The molecule has 0 radical (unpaired) electrons. The normalized spacial score (nSPS) is 11.0.